The van der Waals surface area contributed by atoms with E-state index in [1.54, 1.807) is 30.3 Å². The molecule has 1 unspecified atom stereocenters. The standard InChI is InChI=1S/C15H12F3O.C10H13.C9H4F6O.BrH.Sb/c16-15(17,18)14(19,13-9-5-2-6-10-13)11-12-7-3-1-4-8-12;1-10(2,3)9-7-5-4-6-8-9;10-8(11,12)7(16,9(13,14)15)6-4-2-1-3-5-6;;/h1-11,19H;5-8H,1-3H3;1-4H;1H;/q;;-1;;/p-1. The zero-order chi connectivity index (χ0) is 34.2. The molecule has 3 aromatic rings. The maximum atomic E-state index is 13.2. The van der Waals surface area contributed by atoms with Crippen LogP contribution in [0, 0.1) is 24.3 Å². The van der Waals surface area contributed by atoms with Crippen LogP contribution in [-0.2, 0) is 11.2 Å². The van der Waals surface area contributed by atoms with E-state index in [0.717, 1.165) is 24.6 Å². The summed E-state index contributed by atoms with van der Waals surface area (Å²) in [6, 6.07) is 20.0. The van der Waals surface area contributed by atoms with E-state index in [1.165, 1.54) is 42.0 Å². The van der Waals surface area contributed by atoms with Crippen molar-refractivity contribution in [2.75, 3.05) is 0 Å². The largest absolute Gasteiger partial charge is 1.00 e. The molecule has 0 saturated heterocycles. The number of benzene rings is 3. The van der Waals surface area contributed by atoms with Gasteiger partial charge in [-0.25, -0.2) is 0 Å². The summed E-state index contributed by atoms with van der Waals surface area (Å²) in [7, 11) is 0. The van der Waals surface area contributed by atoms with Gasteiger partial charge in [-0.05, 0) is 40.3 Å². The van der Waals surface area contributed by atoms with Gasteiger partial charge in [-0.3, -0.25) is 0 Å². The summed E-state index contributed by atoms with van der Waals surface area (Å²) >= 11 is 0. The van der Waals surface area contributed by atoms with Crippen LogP contribution in [0.2, 0.25) is 0 Å². The maximum absolute atomic E-state index is 13.2. The number of aliphatic hydroxyl groups is 1. The van der Waals surface area contributed by atoms with Crippen molar-refractivity contribution in [2.24, 2.45) is 5.41 Å². The second-order valence-electron chi connectivity index (χ2n) is 10.7. The van der Waals surface area contributed by atoms with Crippen LogP contribution < -0.4 is 22.1 Å². The molecule has 254 valence electrons. The summed E-state index contributed by atoms with van der Waals surface area (Å²) in [6.07, 6.45) is -7.76. The Morgan fingerprint density at radius 3 is 1.53 bits per heavy atom. The van der Waals surface area contributed by atoms with Gasteiger partial charge in [0, 0.05) is 37.3 Å². The third-order valence-corrected chi connectivity index (χ3v) is 6.29. The molecule has 0 fully saturated rings. The molecule has 0 heterocycles. The van der Waals surface area contributed by atoms with Crippen molar-refractivity contribution in [3.8, 4) is 0 Å². The topological polar surface area (TPSA) is 43.3 Å². The van der Waals surface area contributed by atoms with Crippen molar-refractivity contribution >= 4 is 24.4 Å². The second kappa shape index (κ2) is 17.8. The van der Waals surface area contributed by atoms with Gasteiger partial charge in [-0.15, -0.1) is 5.73 Å². The van der Waals surface area contributed by atoms with E-state index in [-0.39, 0.29) is 52.4 Å². The first-order valence-electron chi connectivity index (χ1n) is 13.2. The number of hydrogen-bond donors (Lipinski definition) is 1. The smallest absolute Gasteiger partial charge is 0.422 e. The molecule has 0 saturated carbocycles. The summed E-state index contributed by atoms with van der Waals surface area (Å²) in [5, 5.41) is 21.2. The van der Waals surface area contributed by atoms with Gasteiger partial charge in [0.25, 0.3) is 0 Å². The number of halogens is 10. The number of hydrogen-bond acceptors (Lipinski definition) is 2. The van der Waals surface area contributed by atoms with E-state index in [2.05, 4.69) is 39.0 Å². The van der Waals surface area contributed by atoms with E-state index in [9.17, 15) is 49.7 Å². The Morgan fingerprint density at radius 1 is 0.681 bits per heavy atom. The molecule has 1 aliphatic carbocycles. The number of rotatable bonds is 4. The Morgan fingerprint density at radius 2 is 1.17 bits per heavy atom. The zero-order valence-electron chi connectivity index (χ0n) is 25.1. The van der Waals surface area contributed by atoms with Gasteiger partial charge in [-0.1, -0.05) is 117 Å². The summed E-state index contributed by atoms with van der Waals surface area (Å²) in [6.45, 7) is 6.63. The van der Waals surface area contributed by atoms with Crippen LogP contribution in [0.25, 0.3) is 0 Å². The van der Waals surface area contributed by atoms with Crippen molar-refractivity contribution in [3.05, 3.63) is 150 Å². The minimum Gasteiger partial charge on any atom is -1.00 e. The maximum Gasteiger partial charge on any atom is 0.422 e. The van der Waals surface area contributed by atoms with Crippen LogP contribution in [0.3, 0.4) is 0 Å². The molecule has 1 aliphatic rings. The summed E-state index contributed by atoms with van der Waals surface area (Å²) < 4.78 is 113. The molecule has 0 amide bonds. The number of allylic oxidation sites excluding steroid dienone is 3. The van der Waals surface area contributed by atoms with Gasteiger partial charge < -0.3 is 27.2 Å². The molecule has 6 radical (unpaired) electrons. The molecule has 4 rings (SSSR count). The van der Waals surface area contributed by atoms with E-state index in [0.29, 0.717) is 11.6 Å². The molecule has 1 N–H and O–H groups in total. The predicted molar refractivity (Wildman–Crippen MR) is 156 cm³/mol. The van der Waals surface area contributed by atoms with Gasteiger partial charge in [0.2, 0.25) is 0 Å². The van der Waals surface area contributed by atoms with E-state index < -0.39 is 35.3 Å². The number of alkyl halides is 9. The molecule has 0 spiro atoms. The molecular formula is C34H29BrF9O2Sb-2. The fraction of sp³-hybridized carbons (Fsp3) is 0.265. The van der Waals surface area contributed by atoms with E-state index in [1.807, 2.05) is 12.2 Å². The first-order chi connectivity index (χ1) is 20.6. The van der Waals surface area contributed by atoms with Crippen LogP contribution in [0.5, 0.6) is 0 Å². The Hall–Kier alpha value is -2.49. The Kier molecular flexibility index (Phi) is 16.8. The minimum atomic E-state index is -5.97. The van der Waals surface area contributed by atoms with E-state index in [4.69, 9.17) is 0 Å². The third kappa shape index (κ3) is 11.9. The van der Waals surface area contributed by atoms with Crippen molar-refractivity contribution < 1.29 is 66.7 Å². The predicted octanol–water partition coefficient (Wildman–Crippen LogP) is 5.37. The molecule has 1 atom stereocenters. The second-order valence-corrected chi connectivity index (χ2v) is 10.7. The Bertz CT molecular complexity index is 1430. The van der Waals surface area contributed by atoms with Gasteiger partial charge in [0.05, 0.1) is 0 Å². The van der Waals surface area contributed by atoms with Crippen LogP contribution in [-0.4, -0.2) is 48.1 Å². The fourth-order valence-corrected chi connectivity index (χ4v) is 3.78. The van der Waals surface area contributed by atoms with Crippen molar-refractivity contribution in [2.45, 2.75) is 50.5 Å². The molecule has 0 aliphatic heterocycles. The van der Waals surface area contributed by atoms with E-state index >= 15 is 0 Å². The molecule has 3 aromatic carbocycles. The van der Waals surface area contributed by atoms with Crippen molar-refractivity contribution in [3.63, 3.8) is 0 Å². The molecule has 47 heavy (non-hydrogen) atoms. The van der Waals surface area contributed by atoms with Gasteiger partial charge in [0.15, 0.2) is 5.60 Å². The average molecular weight is 842 g/mol. The van der Waals surface area contributed by atoms with Crippen molar-refractivity contribution in [1.82, 2.24) is 0 Å². The Balaban J connectivity index is 0.000000690. The van der Waals surface area contributed by atoms with Gasteiger partial charge in [0.1, 0.15) is 5.60 Å². The molecular weight excluding hydrogens is 813 g/mol. The monoisotopic (exact) mass is 840 g/mol. The van der Waals surface area contributed by atoms with Crippen LogP contribution >= 0.6 is 0 Å². The molecule has 0 bridgehead atoms. The van der Waals surface area contributed by atoms with Crippen LogP contribution in [0.15, 0.2) is 114 Å². The normalized spacial score (nSPS) is 14.5. The van der Waals surface area contributed by atoms with Crippen LogP contribution in [0.4, 0.5) is 39.5 Å². The molecule has 0 aromatic heterocycles. The Labute approximate surface area is 295 Å². The first-order valence-corrected chi connectivity index (χ1v) is 13.2. The summed E-state index contributed by atoms with van der Waals surface area (Å²) in [5.41, 5.74) is -4.87. The fourth-order valence-electron chi connectivity index (χ4n) is 3.78. The van der Waals surface area contributed by atoms with Crippen molar-refractivity contribution in [1.29, 1.82) is 0 Å². The first kappa shape index (κ1) is 44.5. The summed E-state index contributed by atoms with van der Waals surface area (Å²) in [5.74, 6) is 0. The quantitative estimate of drug-likeness (QED) is 0.219. The SMILES string of the molecule is CC(C)(C)C1=CC=C=C[CH]1.OC([CH]c1ccccc1)(c1ccccc1)C(F)(F)F.[Br-].[O-]C(c1[c]cccc1)(C(F)(F)F)C(F)(F)F.[Sb]. The molecule has 2 nitrogen and oxygen atoms in total. The summed E-state index contributed by atoms with van der Waals surface area (Å²) in [4.78, 5) is 0. The van der Waals surface area contributed by atoms with Gasteiger partial charge in [-0.2, -0.15) is 39.5 Å². The molecule has 13 heteroatoms. The average Bonchev–Trinajstić information content (AvgIpc) is 2.97. The van der Waals surface area contributed by atoms with Crippen LogP contribution in [0.1, 0.15) is 37.5 Å². The third-order valence-electron chi connectivity index (χ3n) is 6.29. The van der Waals surface area contributed by atoms with Gasteiger partial charge >= 0.3 is 18.5 Å². The zero-order valence-corrected chi connectivity index (χ0v) is 29.2. The minimum absolute atomic E-state index is 0.